The molecule has 3 N–H and O–H groups in total. The molecule has 0 bridgehead atoms. The maximum absolute atomic E-state index is 11.9. The van der Waals surface area contributed by atoms with Gasteiger partial charge in [-0.1, -0.05) is 26.0 Å². The molecule has 0 saturated heterocycles. The molecule has 4 nitrogen and oxygen atoms in total. The van der Waals surface area contributed by atoms with Gasteiger partial charge in [-0.25, -0.2) is 0 Å². The maximum Gasteiger partial charge on any atom is 0.237 e. The molecule has 0 heterocycles. The monoisotopic (exact) mass is 264 g/mol. The van der Waals surface area contributed by atoms with Crippen LogP contribution in [0.15, 0.2) is 24.3 Å². The lowest BCUT2D eigenvalue weighted by molar-refractivity contribution is -0.123. The Balaban J connectivity index is 2.63. The SMILES string of the molecule is COc1cccc([C@H](C)NC(=O)[C@H](N)CC(C)C)c1. The van der Waals surface area contributed by atoms with Crippen LogP contribution in [0.1, 0.15) is 38.8 Å². The van der Waals surface area contributed by atoms with Crippen molar-refractivity contribution in [3.8, 4) is 5.75 Å². The lowest BCUT2D eigenvalue weighted by Crippen LogP contribution is -2.42. The van der Waals surface area contributed by atoms with E-state index in [4.69, 9.17) is 10.5 Å². The first-order chi connectivity index (χ1) is 8.93. The summed E-state index contributed by atoms with van der Waals surface area (Å²) in [7, 11) is 1.63. The van der Waals surface area contributed by atoms with Gasteiger partial charge in [-0.05, 0) is 37.0 Å². The van der Waals surface area contributed by atoms with Crippen LogP contribution >= 0.6 is 0 Å². The van der Waals surface area contributed by atoms with Gasteiger partial charge in [0.1, 0.15) is 5.75 Å². The van der Waals surface area contributed by atoms with E-state index in [1.54, 1.807) is 7.11 Å². The number of benzene rings is 1. The Hall–Kier alpha value is -1.55. The number of amides is 1. The molecule has 1 aromatic carbocycles. The van der Waals surface area contributed by atoms with Crippen LogP contribution in [0.5, 0.6) is 5.75 Å². The van der Waals surface area contributed by atoms with Crippen LogP contribution in [0, 0.1) is 5.92 Å². The zero-order chi connectivity index (χ0) is 14.4. The largest absolute Gasteiger partial charge is 0.497 e. The van der Waals surface area contributed by atoms with Gasteiger partial charge >= 0.3 is 0 Å². The van der Waals surface area contributed by atoms with E-state index in [1.165, 1.54) is 0 Å². The highest BCUT2D eigenvalue weighted by molar-refractivity contribution is 5.81. The lowest BCUT2D eigenvalue weighted by atomic mass is 10.0. The number of hydrogen-bond acceptors (Lipinski definition) is 3. The number of nitrogens with two attached hydrogens (primary N) is 1. The molecule has 106 valence electrons. The summed E-state index contributed by atoms with van der Waals surface area (Å²) in [6, 6.07) is 7.13. The smallest absolute Gasteiger partial charge is 0.237 e. The third-order valence-electron chi connectivity index (χ3n) is 3.01. The predicted molar refractivity (Wildman–Crippen MR) is 77.0 cm³/mol. The fraction of sp³-hybridized carbons (Fsp3) is 0.533. The van der Waals surface area contributed by atoms with E-state index in [1.807, 2.05) is 31.2 Å². The molecule has 0 aliphatic rings. The lowest BCUT2D eigenvalue weighted by Gasteiger charge is -2.19. The van der Waals surface area contributed by atoms with Crippen molar-refractivity contribution in [2.45, 2.75) is 39.3 Å². The molecule has 0 saturated carbocycles. The first-order valence-corrected chi connectivity index (χ1v) is 6.64. The zero-order valence-corrected chi connectivity index (χ0v) is 12.1. The topological polar surface area (TPSA) is 64.3 Å². The van der Waals surface area contributed by atoms with Crippen molar-refractivity contribution in [2.24, 2.45) is 11.7 Å². The molecular formula is C15H24N2O2. The van der Waals surface area contributed by atoms with Crippen molar-refractivity contribution in [3.05, 3.63) is 29.8 Å². The van der Waals surface area contributed by atoms with Crippen LogP contribution in [0.4, 0.5) is 0 Å². The molecule has 2 atom stereocenters. The van der Waals surface area contributed by atoms with Crippen LogP contribution in [0.2, 0.25) is 0 Å². The summed E-state index contributed by atoms with van der Waals surface area (Å²) in [6.07, 6.45) is 0.691. The van der Waals surface area contributed by atoms with E-state index < -0.39 is 6.04 Å². The van der Waals surface area contributed by atoms with Crippen LogP contribution in [0.3, 0.4) is 0 Å². The van der Waals surface area contributed by atoms with Crippen LogP contribution < -0.4 is 15.8 Å². The highest BCUT2D eigenvalue weighted by atomic mass is 16.5. The van der Waals surface area contributed by atoms with Crippen molar-refractivity contribution in [1.82, 2.24) is 5.32 Å². The highest BCUT2D eigenvalue weighted by Gasteiger charge is 2.17. The zero-order valence-electron chi connectivity index (χ0n) is 12.1. The predicted octanol–water partition coefficient (Wildman–Crippen LogP) is 2.25. The Labute approximate surface area is 115 Å². The minimum absolute atomic E-state index is 0.0826. The third-order valence-corrected chi connectivity index (χ3v) is 3.01. The van der Waals surface area contributed by atoms with Crippen molar-refractivity contribution in [1.29, 1.82) is 0 Å². The van der Waals surface area contributed by atoms with Gasteiger partial charge in [0.05, 0.1) is 19.2 Å². The Kier molecular flexibility index (Phi) is 5.83. The molecule has 0 spiro atoms. The summed E-state index contributed by atoms with van der Waals surface area (Å²) in [4.78, 5) is 11.9. The molecule has 19 heavy (non-hydrogen) atoms. The maximum atomic E-state index is 11.9. The first kappa shape index (κ1) is 15.5. The van der Waals surface area contributed by atoms with Crippen molar-refractivity contribution in [3.63, 3.8) is 0 Å². The van der Waals surface area contributed by atoms with Crippen molar-refractivity contribution in [2.75, 3.05) is 7.11 Å². The van der Waals surface area contributed by atoms with Crippen LogP contribution in [0.25, 0.3) is 0 Å². The molecule has 0 aliphatic carbocycles. The third kappa shape index (κ3) is 4.91. The molecule has 0 radical (unpaired) electrons. The fourth-order valence-electron chi connectivity index (χ4n) is 1.93. The molecule has 1 amide bonds. The van der Waals surface area contributed by atoms with Gasteiger partial charge in [-0.3, -0.25) is 4.79 Å². The van der Waals surface area contributed by atoms with Gasteiger partial charge in [-0.15, -0.1) is 0 Å². The molecule has 1 aromatic rings. The molecular weight excluding hydrogens is 240 g/mol. The Morgan fingerprint density at radius 3 is 2.63 bits per heavy atom. The second-order valence-electron chi connectivity index (χ2n) is 5.24. The summed E-state index contributed by atoms with van der Waals surface area (Å²) in [5.41, 5.74) is 6.87. The molecule has 1 rings (SSSR count). The van der Waals surface area contributed by atoms with Crippen molar-refractivity contribution < 1.29 is 9.53 Å². The number of nitrogens with one attached hydrogen (secondary N) is 1. The first-order valence-electron chi connectivity index (χ1n) is 6.64. The van der Waals surface area contributed by atoms with Gasteiger partial charge in [0.25, 0.3) is 0 Å². The van der Waals surface area contributed by atoms with Gasteiger partial charge in [0.2, 0.25) is 5.91 Å². The molecule has 0 aliphatic heterocycles. The summed E-state index contributed by atoms with van der Waals surface area (Å²) < 4.78 is 5.17. The normalized spacial score (nSPS) is 14.0. The molecule has 0 unspecified atom stereocenters. The summed E-state index contributed by atoms with van der Waals surface area (Å²) in [6.45, 7) is 6.05. The summed E-state index contributed by atoms with van der Waals surface area (Å²) >= 11 is 0. The average molecular weight is 264 g/mol. The summed E-state index contributed by atoms with van der Waals surface area (Å²) in [5.74, 6) is 1.09. The van der Waals surface area contributed by atoms with E-state index in [-0.39, 0.29) is 11.9 Å². The van der Waals surface area contributed by atoms with Gasteiger partial charge in [0.15, 0.2) is 0 Å². The van der Waals surface area contributed by atoms with Gasteiger partial charge in [-0.2, -0.15) is 0 Å². The molecule has 0 aromatic heterocycles. The standard InChI is InChI=1S/C15H24N2O2/c1-10(2)8-14(16)15(18)17-11(3)12-6-5-7-13(9-12)19-4/h5-7,9-11,14H,8,16H2,1-4H3,(H,17,18)/t11-,14+/m0/s1. The van der Waals surface area contributed by atoms with E-state index in [9.17, 15) is 4.79 Å². The van der Waals surface area contributed by atoms with E-state index in [0.717, 1.165) is 11.3 Å². The molecule has 4 heteroatoms. The number of carbonyl (C=O) groups excluding carboxylic acids is 1. The van der Waals surface area contributed by atoms with Crippen LogP contribution in [-0.4, -0.2) is 19.1 Å². The Morgan fingerprint density at radius 1 is 1.37 bits per heavy atom. The number of hydrogen-bond donors (Lipinski definition) is 2. The Morgan fingerprint density at radius 2 is 2.05 bits per heavy atom. The van der Waals surface area contributed by atoms with Gasteiger partial charge in [0, 0.05) is 0 Å². The number of methoxy groups -OCH3 is 1. The second-order valence-corrected chi connectivity index (χ2v) is 5.24. The second kappa shape index (κ2) is 7.14. The van der Waals surface area contributed by atoms with Gasteiger partial charge < -0.3 is 15.8 Å². The minimum Gasteiger partial charge on any atom is -0.497 e. The summed E-state index contributed by atoms with van der Waals surface area (Å²) in [5, 5.41) is 2.93. The number of carbonyl (C=O) groups is 1. The number of rotatable bonds is 6. The number of ether oxygens (including phenoxy) is 1. The molecule has 0 fully saturated rings. The Bertz CT molecular complexity index is 418. The van der Waals surface area contributed by atoms with E-state index >= 15 is 0 Å². The quantitative estimate of drug-likeness (QED) is 0.828. The van der Waals surface area contributed by atoms with Crippen molar-refractivity contribution >= 4 is 5.91 Å². The van der Waals surface area contributed by atoms with Crippen LogP contribution in [-0.2, 0) is 4.79 Å². The highest BCUT2D eigenvalue weighted by Crippen LogP contribution is 2.18. The van der Waals surface area contributed by atoms with E-state index in [0.29, 0.717) is 12.3 Å². The fourth-order valence-corrected chi connectivity index (χ4v) is 1.93. The van der Waals surface area contributed by atoms with E-state index in [2.05, 4.69) is 19.2 Å². The minimum atomic E-state index is -0.451. The average Bonchev–Trinajstić information content (AvgIpc) is 2.37.